The fourth-order valence-corrected chi connectivity index (χ4v) is 3.88. The Morgan fingerprint density at radius 2 is 0.870 bits per heavy atom. The molecule has 0 aliphatic carbocycles. The number of thiol groups is 1. The summed E-state index contributed by atoms with van der Waals surface area (Å²) in [6.45, 7) is 6.42. The van der Waals surface area contributed by atoms with E-state index in [0.29, 0.717) is 5.25 Å². The highest BCUT2D eigenvalue weighted by molar-refractivity contribution is 7.79. The molecular formula is C22H23S+. The van der Waals surface area contributed by atoms with E-state index in [4.69, 9.17) is 0 Å². The minimum atomic E-state index is 0.374. The van der Waals surface area contributed by atoms with Crippen molar-refractivity contribution in [3.05, 3.63) is 101 Å². The maximum Gasteiger partial charge on any atom is 0.171 e. The first-order chi connectivity index (χ1) is 11.1. The number of hydrogen-bond donors (Lipinski definition) is 0. The summed E-state index contributed by atoms with van der Waals surface area (Å²) in [5, 5.41) is 0.374. The maximum atomic E-state index is 2.26. The van der Waals surface area contributed by atoms with Crippen molar-refractivity contribution in [2.75, 3.05) is 0 Å². The van der Waals surface area contributed by atoms with Crippen molar-refractivity contribution in [2.45, 2.75) is 30.9 Å². The van der Waals surface area contributed by atoms with Crippen molar-refractivity contribution in [3.63, 3.8) is 0 Å². The van der Waals surface area contributed by atoms with Crippen LogP contribution in [0.3, 0.4) is 0 Å². The molecular weight excluding hydrogens is 296 g/mol. The zero-order valence-corrected chi connectivity index (χ0v) is 14.8. The van der Waals surface area contributed by atoms with Crippen LogP contribution in [0.5, 0.6) is 0 Å². The summed E-state index contributed by atoms with van der Waals surface area (Å²) < 4.78 is 0. The van der Waals surface area contributed by atoms with Gasteiger partial charge in [0.15, 0.2) is 10.1 Å². The minimum absolute atomic E-state index is 0.374. The van der Waals surface area contributed by atoms with Crippen LogP contribution in [-0.2, 0) is 11.8 Å². The highest BCUT2D eigenvalue weighted by atomic mass is 32.2. The maximum absolute atomic E-state index is 2.26. The number of aryl methyl sites for hydroxylation is 3. The van der Waals surface area contributed by atoms with Crippen molar-refractivity contribution in [1.82, 2.24) is 0 Å². The van der Waals surface area contributed by atoms with Gasteiger partial charge in [-0.1, -0.05) is 77.4 Å². The lowest BCUT2D eigenvalue weighted by molar-refractivity contribution is 1.14. The molecule has 3 aromatic carbocycles. The van der Waals surface area contributed by atoms with Gasteiger partial charge in [-0.25, -0.2) is 0 Å². The number of benzene rings is 3. The van der Waals surface area contributed by atoms with Crippen molar-refractivity contribution in [3.8, 4) is 0 Å². The topological polar surface area (TPSA) is 0 Å². The lowest BCUT2D eigenvalue weighted by Gasteiger charge is -2.12. The molecule has 23 heavy (non-hydrogen) atoms. The summed E-state index contributed by atoms with van der Waals surface area (Å²) in [5.41, 5.74) is 6.68. The second kappa shape index (κ2) is 7.06. The molecule has 0 fully saturated rings. The molecule has 0 aliphatic heterocycles. The first-order valence-corrected chi connectivity index (χ1v) is 8.99. The van der Waals surface area contributed by atoms with Gasteiger partial charge in [0.05, 0.1) is 0 Å². The molecule has 0 unspecified atom stereocenters. The summed E-state index contributed by atoms with van der Waals surface area (Å²) in [5.74, 6) is 0. The van der Waals surface area contributed by atoms with Crippen LogP contribution in [0.15, 0.2) is 77.7 Å². The van der Waals surface area contributed by atoms with E-state index < -0.39 is 0 Å². The Hall–Kier alpha value is -1.99. The standard InChI is InChI=1S/C22H22S/c1-16-4-10-19(11-5-16)22(20-12-6-17(2)7-13-20)23-21-14-8-18(3)9-15-21/h4-15,22H,1-3H3/p+1. The Labute approximate surface area is 143 Å². The van der Waals surface area contributed by atoms with Gasteiger partial charge in [-0.15, -0.1) is 0 Å². The van der Waals surface area contributed by atoms with E-state index >= 15 is 0 Å². The molecule has 0 amide bonds. The van der Waals surface area contributed by atoms with Gasteiger partial charge >= 0.3 is 0 Å². The fourth-order valence-electron chi connectivity index (χ4n) is 2.62. The normalized spacial score (nSPS) is 11.0. The third-order valence-corrected chi connectivity index (χ3v) is 5.55. The molecule has 0 aliphatic rings. The largest absolute Gasteiger partial charge is 0.171 e. The van der Waals surface area contributed by atoms with Crippen LogP contribution < -0.4 is 0 Å². The van der Waals surface area contributed by atoms with Gasteiger partial charge in [0.25, 0.3) is 0 Å². The molecule has 0 N–H and O–H groups in total. The van der Waals surface area contributed by atoms with E-state index in [-0.39, 0.29) is 0 Å². The molecule has 0 spiro atoms. The molecule has 0 saturated carbocycles. The minimum Gasteiger partial charge on any atom is -0.0588 e. The Morgan fingerprint density at radius 3 is 1.26 bits per heavy atom. The van der Waals surface area contributed by atoms with Crippen molar-refractivity contribution in [1.29, 1.82) is 0 Å². The summed E-state index contributed by atoms with van der Waals surface area (Å²) in [6.07, 6.45) is 0. The van der Waals surface area contributed by atoms with Crippen molar-refractivity contribution in [2.24, 2.45) is 0 Å². The van der Waals surface area contributed by atoms with Gasteiger partial charge in [-0.2, -0.15) is 0 Å². The summed E-state index contributed by atoms with van der Waals surface area (Å²) in [6, 6.07) is 26.8. The SMILES string of the molecule is Cc1ccc([SH+]C(c2ccc(C)cc2)c2ccc(C)cc2)cc1. The van der Waals surface area contributed by atoms with Gasteiger partial charge < -0.3 is 0 Å². The monoisotopic (exact) mass is 319 g/mol. The molecule has 3 rings (SSSR count). The Balaban J connectivity index is 1.97. The van der Waals surface area contributed by atoms with Crippen LogP contribution in [0.2, 0.25) is 0 Å². The van der Waals surface area contributed by atoms with E-state index in [1.54, 1.807) is 0 Å². The van der Waals surface area contributed by atoms with E-state index in [1.165, 1.54) is 44.5 Å². The first-order valence-electron chi connectivity index (χ1n) is 8.02. The van der Waals surface area contributed by atoms with Crippen molar-refractivity contribution >= 4 is 11.8 Å². The molecule has 0 radical (unpaired) electrons. The fraction of sp³-hybridized carbons (Fsp3) is 0.182. The summed E-state index contributed by atoms with van der Waals surface area (Å²) in [7, 11) is 0. The Kier molecular flexibility index (Phi) is 4.88. The molecule has 0 saturated heterocycles. The third-order valence-electron chi connectivity index (χ3n) is 4.10. The number of rotatable bonds is 4. The van der Waals surface area contributed by atoms with Crippen LogP contribution in [0, 0.1) is 20.8 Å². The van der Waals surface area contributed by atoms with Gasteiger partial charge in [-0.05, 0) is 32.9 Å². The zero-order valence-electron chi connectivity index (χ0n) is 14.0. The Bertz CT molecular complexity index is 707. The highest BCUT2D eigenvalue weighted by Crippen LogP contribution is 2.30. The summed E-state index contributed by atoms with van der Waals surface area (Å²) >= 11 is 1.33. The highest BCUT2D eigenvalue weighted by Gasteiger charge is 2.23. The first kappa shape index (κ1) is 15.9. The Morgan fingerprint density at radius 1 is 0.522 bits per heavy atom. The third kappa shape index (κ3) is 4.05. The van der Waals surface area contributed by atoms with E-state index in [1.807, 2.05) is 0 Å². The van der Waals surface area contributed by atoms with Gasteiger partial charge in [0.2, 0.25) is 0 Å². The predicted molar refractivity (Wildman–Crippen MR) is 102 cm³/mol. The van der Waals surface area contributed by atoms with E-state index in [2.05, 4.69) is 93.6 Å². The molecule has 0 aromatic heterocycles. The molecule has 3 aromatic rings. The van der Waals surface area contributed by atoms with Crippen LogP contribution in [0.25, 0.3) is 0 Å². The average molecular weight is 319 g/mol. The lowest BCUT2D eigenvalue weighted by atomic mass is 10.0. The van der Waals surface area contributed by atoms with Gasteiger partial charge in [0, 0.05) is 22.9 Å². The molecule has 0 bridgehead atoms. The quantitative estimate of drug-likeness (QED) is 0.435. The molecule has 1 heteroatoms. The number of hydrogen-bond acceptors (Lipinski definition) is 0. The second-order valence-electron chi connectivity index (χ2n) is 6.19. The molecule has 116 valence electrons. The second-order valence-corrected chi connectivity index (χ2v) is 7.48. The van der Waals surface area contributed by atoms with Crippen LogP contribution >= 0.6 is 0 Å². The zero-order chi connectivity index (χ0) is 16.2. The summed E-state index contributed by atoms with van der Waals surface area (Å²) in [4.78, 5) is 1.36. The van der Waals surface area contributed by atoms with Gasteiger partial charge in [-0.3, -0.25) is 0 Å². The van der Waals surface area contributed by atoms with E-state index in [9.17, 15) is 0 Å². The van der Waals surface area contributed by atoms with Gasteiger partial charge in [0.1, 0.15) is 0 Å². The smallest absolute Gasteiger partial charge is 0.0588 e. The van der Waals surface area contributed by atoms with Crippen LogP contribution in [0.1, 0.15) is 33.1 Å². The van der Waals surface area contributed by atoms with E-state index in [0.717, 1.165) is 0 Å². The predicted octanol–water partition coefficient (Wildman–Crippen LogP) is 5.58. The molecule has 0 nitrogen and oxygen atoms in total. The average Bonchev–Trinajstić information content (AvgIpc) is 2.56. The molecule has 0 atom stereocenters. The molecule has 0 heterocycles. The lowest BCUT2D eigenvalue weighted by Crippen LogP contribution is -2.04. The van der Waals surface area contributed by atoms with Crippen molar-refractivity contribution < 1.29 is 0 Å². The van der Waals surface area contributed by atoms with Crippen LogP contribution in [-0.4, -0.2) is 0 Å². The van der Waals surface area contributed by atoms with Crippen LogP contribution in [0.4, 0.5) is 0 Å².